The summed E-state index contributed by atoms with van der Waals surface area (Å²) in [6.45, 7) is 5.75. The third kappa shape index (κ3) is 5.14. The van der Waals surface area contributed by atoms with Gasteiger partial charge in [-0.25, -0.2) is 4.99 Å². The van der Waals surface area contributed by atoms with Crippen LogP contribution in [0.4, 0.5) is 13.2 Å². The van der Waals surface area contributed by atoms with Gasteiger partial charge in [0, 0.05) is 11.1 Å². The highest BCUT2D eigenvalue weighted by atomic mass is 19.4. The molecule has 1 atom stereocenters. The number of amidine groups is 1. The molecular weight excluding hydrogens is 495 g/mol. The van der Waals surface area contributed by atoms with Crippen LogP contribution in [0.15, 0.2) is 83.9 Å². The highest BCUT2D eigenvalue weighted by Gasteiger charge is 2.67. The molecule has 4 rings (SSSR count). The minimum atomic E-state index is -5.21. The molecule has 1 aliphatic rings. The van der Waals surface area contributed by atoms with Gasteiger partial charge in [-0.2, -0.15) is 13.2 Å². The van der Waals surface area contributed by atoms with Crippen molar-refractivity contribution in [1.29, 1.82) is 0 Å². The third-order valence-electron chi connectivity index (χ3n) is 6.33. The Hall–Kier alpha value is -4.14. The fraction of sp³-hybridized carbons (Fsp3) is 0.276. The molecule has 0 aromatic heterocycles. The number of carbonyl (C=O) groups is 2. The van der Waals surface area contributed by atoms with Crippen LogP contribution in [0.5, 0.6) is 5.75 Å². The predicted octanol–water partition coefficient (Wildman–Crippen LogP) is 5.47. The smallest absolute Gasteiger partial charge is 0.442 e. The molecule has 0 spiro atoms. The van der Waals surface area contributed by atoms with Crippen molar-refractivity contribution in [2.75, 3.05) is 7.11 Å². The number of amides is 2. The molecule has 0 fully saturated rings. The minimum Gasteiger partial charge on any atom is -0.497 e. The summed E-state index contributed by atoms with van der Waals surface area (Å²) in [4.78, 5) is 31.5. The van der Waals surface area contributed by atoms with Crippen LogP contribution in [0.2, 0.25) is 0 Å². The SMILES string of the molecule is COc1ccc(CN2C(=O)C(NC(=O)c3ccc(C(C)(C)C)cc3)(C(F)(F)F)N=C2c2ccccc2)cc1. The van der Waals surface area contributed by atoms with E-state index in [1.807, 2.05) is 26.1 Å². The van der Waals surface area contributed by atoms with Crippen molar-refractivity contribution in [3.8, 4) is 5.75 Å². The van der Waals surface area contributed by atoms with Gasteiger partial charge in [-0.15, -0.1) is 0 Å². The van der Waals surface area contributed by atoms with Crippen LogP contribution in [0.25, 0.3) is 0 Å². The summed E-state index contributed by atoms with van der Waals surface area (Å²) in [7, 11) is 1.50. The molecule has 1 aliphatic heterocycles. The van der Waals surface area contributed by atoms with Crippen molar-refractivity contribution in [2.24, 2.45) is 4.99 Å². The largest absolute Gasteiger partial charge is 0.497 e. The lowest BCUT2D eigenvalue weighted by molar-refractivity contribution is -0.196. The second-order valence-corrected chi connectivity index (χ2v) is 10.0. The molecule has 0 radical (unpaired) electrons. The second-order valence-electron chi connectivity index (χ2n) is 10.0. The first-order valence-electron chi connectivity index (χ1n) is 12.0. The summed E-state index contributed by atoms with van der Waals surface area (Å²) in [5.74, 6) is -2.07. The molecule has 3 aromatic carbocycles. The van der Waals surface area contributed by atoms with Crippen molar-refractivity contribution in [3.05, 3.63) is 101 Å². The van der Waals surface area contributed by atoms with Gasteiger partial charge in [-0.05, 0) is 40.8 Å². The van der Waals surface area contributed by atoms with Gasteiger partial charge < -0.3 is 10.1 Å². The summed E-state index contributed by atoms with van der Waals surface area (Å²) in [6.07, 6.45) is -5.21. The zero-order chi connectivity index (χ0) is 27.7. The van der Waals surface area contributed by atoms with Gasteiger partial charge in [-0.1, -0.05) is 75.4 Å². The maximum absolute atomic E-state index is 14.7. The fourth-order valence-electron chi connectivity index (χ4n) is 4.12. The number of hydrogen-bond acceptors (Lipinski definition) is 4. The van der Waals surface area contributed by atoms with Gasteiger partial charge in [0.1, 0.15) is 11.6 Å². The summed E-state index contributed by atoms with van der Waals surface area (Å²) in [5, 5.41) is 1.93. The molecule has 0 aliphatic carbocycles. The minimum absolute atomic E-state index is 0.0144. The number of ether oxygens (including phenoxy) is 1. The number of methoxy groups -OCH3 is 1. The predicted molar refractivity (Wildman–Crippen MR) is 138 cm³/mol. The van der Waals surface area contributed by atoms with E-state index in [0.717, 1.165) is 10.5 Å². The Bertz CT molecular complexity index is 1350. The van der Waals surface area contributed by atoms with Crippen molar-refractivity contribution in [2.45, 2.75) is 44.6 Å². The average molecular weight is 524 g/mol. The molecule has 1 N–H and O–H groups in total. The molecule has 3 aromatic rings. The Kier molecular flexibility index (Phi) is 7.06. The van der Waals surface area contributed by atoms with E-state index in [1.54, 1.807) is 66.7 Å². The Labute approximate surface area is 219 Å². The number of nitrogens with one attached hydrogen (secondary N) is 1. The highest BCUT2D eigenvalue weighted by Crippen LogP contribution is 2.39. The van der Waals surface area contributed by atoms with Crippen LogP contribution in [0, 0.1) is 0 Å². The van der Waals surface area contributed by atoms with Crippen LogP contribution >= 0.6 is 0 Å². The van der Waals surface area contributed by atoms with Crippen LogP contribution in [-0.4, -0.2) is 41.5 Å². The lowest BCUT2D eigenvalue weighted by Gasteiger charge is -2.29. The Morgan fingerprint density at radius 2 is 1.55 bits per heavy atom. The van der Waals surface area contributed by atoms with E-state index in [-0.39, 0.29) is 23.4 Å². The van der Waals surface area contributed by atoms with Gasteiger partial charge in [-0.3, -0.25) is 14.5 Å². The first-order valence-corrected chi connectivity index (χ1v) is 12.0. The first kappa shape index (κ1) is 26.9. The summed E-state index contributed by atoms with van der Waals surface area (Å²) < 4.78 is 49.2. The molecule has 0 saturated carbocycles. The highest BCUT2D eigenvalue weighted by molar-refractivity contribution is 6.16. The molecular formula is C29H28F3N3O3. The van der Waals surface area contributed by atoms with Crippen molar-refractivity contribution < 1.29 is 27.5 Å². The molecule has 2 amide bonds. The molecule has 9 heteroatoms. The number of halogens is 3. The lowest BCUT2D eigenvalue weighted by Crippen LogP contribution is -2.63. The van der Waals surface area contributed by atoms with Crippen molar-refractivity contribution in [1.82, 2.24) is 10.2 Å². The summed E-state index contributed by atoms with van der Waals surface area (Å²) in [5.41, 5.74) is -1.93. The monoisotopic (exact) mass is 523 g/mol. The van der Waals surface area contributed by atoms with Crippen molar-refractivity contribution in [3.63, 3.8) is 0 Å². The maximum Gasteiger partial charge on any atom is 0.442 e. The normalized spacial score (nSPS) is 17.8. The number of nitrogens with zero attached hydrogens (tertiary/aromatic N) is 2. The molecule has 0 bridgehead atoms. The molecule has 38 heavy (non-hydrogen) atoms. The molecule has 6 nitrogen and oxygen atoms in total. The number of benzene rings is 3. The molecule has 1 unspecified atom stereocenters. The number of hydrogen-bond donors (Lipinski definition) is 1. The van der Waals surface area contributed by atoms with E-state index in [0.29, 0.717) is 16.9 Å². The van der Waals surface area contributed by atoms with Gasteiger partial charge in [0.05, 0.1) is 13.7 Å². The molecule has 1 heterocycles. The van der Waals surface area contributed by atoms with Crippen LogP contribution in [-0.2, 0) is 16.8 Å². The van der Waals surface area contributed by atoms with Crippen LogP contribution < -0.4 is 10.1 Å². The molecule has 198 valence electrons. The fourth-order valence-corrected chi connectivity index (χ4v) is 4.12. The van der Waals surface area contributed by atoms with Crippen LogP contribution in [0.1, 0.15) is 47.8 Å². The zero-order valence-corrected chi connectivity index (χ0v) is 21.5. The number of alkyl halides is 3. The van der Waals surface area contributed by atoms with E-state index in [2.05, 4.69) is 4.99 Å². The number of rotatable bonds is 6. The third-order valence-corrected chi connectivity index (χ3v) is 6.33. The van der Waals surface area contributed by atoms with Crippen LogP contribution in [0.3, 0.4) is 0 Å². The Morgan fingerprint density at radius 1 is 0.947 bits per heavy atom. The van der Waals surface area contributed by atoms with E-state index in [9.17, 15) is 22.8 Å². The van der Waals surface area contributed by atoms with Gasteiger partial charge in [0.15, 0.2) is 0 Å². The summed E-state index contributed by atoms with van der Waals surface area (Å²) in [6, 6.07) is 20.9. The topological polar surface area (TPSA) is 71.0 Å². The van der Waals surface area contributed by atoms with E-state index in [1.165, 1.54) is 19.2 Å². The molecule has 0 saturated heterocycles. The maximum atomic E-state index is 14.7. The second kappa shape index (κ2) is 9.96. The number of aliphatic imine (C=N–C) groups is 1. The van der Waals surface area contributed by atoms with E-state index in [4.69, 9.17) is 4.74 Å². The lowest BCUT2D eigenvalue weighted by atomic mass is 9.86. The number of carbonyl (C=O) groups excluding carboxylic acids is 2. The van der Waals surface area contributed by atoms with Gasteiger partial charge in [0.25, 0.3) is 11.8 Å². The Morgan fingerprint density at radius 3 is 2.08 bits per heavy atom. The zero-order valence-electron chi connectivity index (χ0n) is 21.5. The van der Waals surface area contributed by atoms with Gasteiger partial charge >= 0.3 is 11.8 Å². The first-order chi connectivity index (χ1) is 17.9. The standard InChI is InChI=1S/C29H28F3N3O3/c1-27(2,3)22-14-12-21(13-15-22)25(36)34-28(29(30,31)32)26(37)35(18-19-10-16-23(38-4)17-11-19)24(33-28)20-8-6-5-7-9-20/h5-17H,18H2,1-4H3,(H,34,36). The Balaban J connectivity index is 1.75. The van der Waals surface area contributed by atoms with Gasteiger partial charge in [0.2, 0.25) is 0 Å². The summed E-state index contributed by atoms with van der Waals surface area (Å²) >= 11 is 0. The van der Waals surface area contributed by atoms with E-state index < -0.39 is 23.7 Å². The average Bonchev–Trinajstić information content (AvgIpc) is 3.16. The van der Waals surface area contributed by atoms with Crippen molar-refractivity contribution >= 4 is 17.6 Å². The quantitative estimate of drug-likeness (QED) is 0.466. The van der Waals surface area contributed by atoms with E-state index >= 15 is 0 Å².